The molecule has 1 aromatic heterocycles. The first-order chi connectivity index (χ1) is 15.6. The summed E-state index contributed by atoms with van der Waals surface area (Å²) in [5, 5.41) is 11.5. The molecule has 7 nitrogen and oxygen atoms in total. The van der Waals surface area contributed by atoms with Gasteiger partial charge in [-0.2, -0.15) is 4.31 Å². The molecule has 1 N–H and O–H groups in total. The van der Waals surface area contributed by atoms with Gasteiger partial charge in [0, 0.05) is 24.7 Å². The van der Waals surface area contributed by atoms with Crippen LogP contribution in [0.15, 0.2) is 41.3 Å². The molecule has 0 aliphatic carbocycles. The van der Waals surface area contributed by atoms with Crippen LogP contribution in [0.3, 0.4) is 0 Å². The minimum Gasteiger partial charge on any atom is -0.320 e. The van der Waals surface area contributed by atoms with Gasteiger partial charge in [-0.1, -0.05) is 35.1 Å². The lowest BCUT2D eigenvalue weighted by molar-refractivity contribution is 0.102. The highest BCUT2D eigenvalue weighted by Crippen LogP contribution is 2.34. The van der Waals surface area contributed by atoms with E-state index in [-0.39, 0.29) is 17.5 Å². The summed E-state index contributed by atoms with van der Waals surface area (Å²) in [6, 6.07) is 9.37. The highest BCUT2D eigenvalue weighted by atomic mass is 32.2. The summed E-state index contributed by atoms with van der Waals surface area (Å²) in [6.07, 6.45) is 1.45. The number of carbonyl (C=O) groups is 1. The van der Waals surface area contributed by atoms with Gasteiger partial charge in [-0.25, -0.2) is 12.8 Å². The normalized spacial score (nSPS) is 17.2. The van der Waals surface area contributed by atoms with E-state index < -0.39 is 21.7 Å². The number of halogens is 1. The van der Waals surface area contributed by atoms with E-state index in [9.17, 15) is 17.6 Å². The number of hydrogen-bond donors (Lipinski definition) is 1. The summed E-state index contributed by atoms with van der Waals surface area (Å²) in [5.41, 5.74) is 2.83. The summed E-state index contributed by atoms with van der Waals surface area (Å²) in [5.74, 6) is -1.07. The second-order valence-electron chi connectivity index (χ2n) is 8.34. The van der Waals surface area contributed by atoms with E-state index in [1.165, 1.54) is 22.5 Å². The van der Waals surface area contributed by atoms with Gasteiger partial charge in [0.05, 0.1) is 4.90 Å². The number of hydrogen-bond acceptors (Lipinski definition) is 6. The molecule has 1 aliphatic rings. The van der Waals surface area contributed by atoms with Crippen molar-refractivity contribution >= 4 is 33.0 Å². The van der Waals surface area contributed by atoms with Crippen LogP contribution in [0.5, 0.6) is 0 Å². The lowest BCUT2D eigenvalue weighted by atomic mass is 10.0. The highest BCUT2D eigenvalue weighted by Gasteiger charge is 2.34. The minimum absolute atomic E-state index is 0.146. The van der Waals surface area contributed by atoms with Crippen LogP contribution in [-0.4, -0.2) is 41.9 Å². The zero-order valence-electron chi connectivity index (χ0n) is 18.6. The molecule has 174 valence electrons. The molecule has 0 spiro atoms. The van der Waals surface area contributed by atoms with Gasteiger partial charge in [0.25, 0.3) is 5.91 Å². The van der Waals surface area contributed by atoms with Crippen LogP contribution >= 0.6 is 11.3 Å². The van der Waals surface area contributed by atoms with E-state index >= 15 is 0 Å². The molecule has 2 heterocycles. The molecule has 33 heavy (non-hydrogen) atoms. The van der Waals surface area contributed by atoms with Crippen LogP contribution in [-0.2, 0) is 10.0 Å². The largest absolute Gasteiger partial charge is 0.320 e. The van der Waals surface area contributed by atoms with Crippen molar-refractivity contribution in [3.63, 3.8) is 0 Å². The Bertz CT molecular complexity index is 1280. The van der Waals surface area contributed by atoms with Crippen LogP contribution < -0.4 is 5.32 Å². The van der Waals surface area contributed by atoms with Gasteiger partial charge in [-0.15, -0.1) is 10.2 Å². The van der Waals surface area contributed by atoms with Crippen molar-refractivity contribution in [1.82, 2.24) is 14.5 Å². The van der Waals surface area contributed by atoms with Crippen LogP contribution in [0, 0.1) is 26.6 Å². The predicted octanol–water partition coefficient (Wildman–Crippen LogP) is 4.42. The number of carbonyl (C=O) groups excluding carboxylic acids is 1. The second-order valence-corrected chi connectivity index (χ2v) is 11.2. The van der Waals surface area contributed by atoms with Crippen LogP contribution in [0.2, 0.25) is 0 Å². The van der Waals surface area contributed by atoms with Crippen molar-refractivity contribution in [2.24, 2.45) is 0 Å². The standard InChI is InChI=1S/C23H25FN4O3S2/c1-14-10-15(2)20(16(3)11-14)33(30,31)28-9-5-6-17(13-28)22-26-27-23(32-22)21(29)25-19-8-4-7-18(24)12-19/h4,7-8,10-12,17H,5-6,9,13H2,1-3H3,(H,25,29)/t17-/m1/s1. The number of rotatable bonds is 5. The fourth-order valence-corrected chi connectivity index (χ4v) is 7.11. The van der Waals surface area contributed by atoms with Crippen molar-refractivity contribution in [3.05, 3.63) is 68.9 Å². The number of aryl methyl sites for hydroxylation is 3. The van der Waals surface area contributed by atoms with Gasteiger partial charge in [-0.05, 0) is 62.9 Å². The zero-order valence-corrected chi connectivity index (χ0v) is 20.3. The molecule has 1 atom stereocenters. The lowest BCUT2D eigenvalue weighted by Gasteiger charge is -2.31. The molecule has 1 fully saturated rings. The van der Waals surface area contributed by atoms with E-state index in [0.29, 0.717) is 28.6 Å². The quantitative estimate of drug-likeness (QED) is 0.574. The van der Waals surface area contributed by atoms with Crippen LogP contribution in [0.25, 0.3) is 0 Å². The van der Waals surface area contributed by atoms with Crippen molar-refractivity contribution in [3.8, 4) is 0 Å². The first-order valence-corrected chi connectivity index (χ1v) is 12.9. The summed E-state index contributed by atoms with van der Waals surface area (Å²) in [6.45, 7) is 6.32. The Balaban J connectivity index is 1.51. The highest BCUT2D eigenvalue weighted by molar-refractivity contribution is 7.89. The molecule has 4 rings (SSSR count). The molecule has 2 aromatic carbocycles. The number of sulfonamides is 1. The molecular formula is C23H25FN4O3S2. The van der Waals surface area contributed by atoms with Crippen LogP contribution in [0.1, 0.15) is 50.3 Å². The monoisotopic (exact) mass is 488 g/mol. The fourth-order valence-electron chi connectivity index (χ4n) is 4.31. The van der Waals surface area contributed by atoms with E-state index in [0.717, 1.165) is 34.4 Å². The van der Waals surface area contributed by atoms with E-state index in [1.807, 2.05) is 32.9 Å². The average molecular weight is 489 g/mol. The lowest BCUT2D eigenvalue weighted by Crippen LogP contribution is -2.39. The van der Waals surface area contributed by atoms with Crippen LogP contribution in [0.4, 0.5) is 10.1 Å². The smallest absolute Gasteiger partial charge is 0.286 e. The third kappa shape index (κ3) is 4.97. The Kier molecular flexibility index (Phi) is 6.60. The molecule has 0 unspecified atom stereocenters. The number of aromatic nitrogens is 2. The molecule has 0 bridgehead atoms. The minimum atomic E-state index is -3.66. The van der Waals surface area contributed by atoms with Gasteiger partial charge >= 0.3 is 0 Å². The van der Waals surface area contributed by atoms with Gasteiger partial charge in [0.15, 0.2) is 0 Å². The Morgan fingerprint density at radius 3 is 2.58 bits per heavy atom. The Labute approximate surface area is 196 Å². The van der Waals surface area contributed by atoms with Crippen molar-refractivity contribution in [2.45, 2.75) is 44.4 Å². The summed E-state index contributed by atoms with van der Waals surface area (Å²) < 4.78 is 41.8. The van der Waals surface area contributed by atoms with E-state index in [2.05, 4.69) is 15.5 Å². The molecule has 10 heteroatoms. The maximum atomic E-state index is 13.5. The van der Waals surface area contributed by atoms with Gasteiger partial charge in [0.2, 0.25) is 15.0 Å². The van der Waals surface area contributed by atoms with Crippen molar-refractivity contribution < 1.29 is 17.6 Å². The number of nitrogens with one attached hydrogen (secondary N) is 1. The molecule has 1 saturated heterocycles. The number of benzene rings is 2. The maximum absolute atomic E-state index is 13.5. The van der Waals surface area contributed by atoms with E-state index in [1.54, 1.807) is 6.07 Å². The number of amides is 1. The summed E-state index contributed by atoms with van der Waals surface area (Å²) in [4.78, 5) is 12.9. The molecule has 0 radical (unpaired) electrons. The third-order valence-corrected chi connectivity index (χ3v) is 8.91. The number of piperidine rings is 1. The molecule has 3 aromatic rings. The Morgan fingerprint density at radius 2 is 1.88 bits per heavy atom. The van der Waals surface area contributed by atoms with E-state index in [4.69, 9.17) is 0 Å². The van der Waals surface area contributed by atoms with Gasteiger partial charge in [-0.3, -0.25) is 4.79 Å². The molecule has 1 aliphatic heterocycles. The predicted molar refractivity (Wildman–Crippen MR) is 126 cm³/mol. The molecule has 1 amide bonds. The summed E-state index contributed by atoms with van der Waals surface area (Å²) in [7, 11) is -3.66. The maximum Gasteiger partial charge on any atom is 0.286 e. The molecule has 0 saturated carbocycles. The molecular weight excluding hydrogens is 463 g/mol. The van der Waals surface area contributed by atoms with Gasteiger partial charge in [0.1, 0.15) is 10.8 Å². The average Bonchev–Trinajstić information content (AvgIpc) is 3.23. The SMILES string of the molecule is Cc1cc(C)c(S(=O)(=O)N2CCC[C@@H](c3nnc(C(=O)Nc4cccc(F)c4)s3)C2)c(C)c1. The van der Waals surface area contributed by atoms with Crippen molar-refractivity contribution in [2.75, 3.05) is 18.4 Å². The van der Waals surface area contributed by atoms with Crippen molar-refractivity contribution in [1.29, 1.82) is 0 Å². The second kappa shape index (κ2) is 9.28. The number of nitrogens with zero attached hydrogens (tertiary/aromatic N) is 3. The Morgan fingerprint density at radius 1 is 1.15 bits per heavy atom. The zero-order chi connectivity index (χ0) is 23.8. The first-order valence-electron chi connectivity index (χ1n) is 10.6. The fraction of sp³-hybridized carbons (Fsp3) is 0.348. The Hall–Kier alpha value is -2.69. The van der Waals surface area contributed by atoms with Gasteiger partial charge < -0.3 is 5.32 Å². The summed E-state index contributed by atoms with van der Waals surface area (Å²) >= 11 is 1.14. The first kappa shape index (κ1) is 23.5. The topological polar surface area (TPSA) is 92.3 Å². The number of anilines is 1. The third-order valence-electron chi connectivity index (χ3n) is 5.65.